The van der Waals surface area contributed by atoms with E-state index in [2.05, 4.69) is 5.32 Å². The van der Waals surface area contributed by atoms with Crippen molar-refractivity contribution in [2.45, 2.75) is 37.6 Å². The van der Waals surface area contributed by atoms with Crippen molar-refractivity contribution < 1.29 is 22.0 Å². The molecule has 0 aromatic heterocycles. The van der Waals surface area contributed by atoms with Gasteiger partial charge in [-0.15, -0.1) is 0 Å². The Morgan fingerprint density at radius 2 is 1.71 bits per heavy atom. The molecular weight excluding hydrogens is 302 g/mol. The van der Waals surface area contributed by atoms with E-state index in [9.17, 15) is 22.0 Å². The van der Waals surface area contributed by atoms with Gasteiger partial charge in [0.15, 0.2) is 9.84 Å². The Labute approximate surface area is 122 Å². The Bertz CT molecular complexity index is 605. The first-order chi connectivity index (χ1) is 9.71. The third-order valence-corrected chi connectivity index (χ3v) is 4.66. The van der Waals surface area contributed by atoms with E-state index >= 15 is 0 Å². The van der Waals surface area contributed by atoms with Gasteiger partial charge in [0.05, 0.1) is 0 Å². The van der Waals surface area contributed by atoms with Crippen LogP contribution in [0.3, 0.4) is 0 Å². The quantitative estimate of drug-likeness (QED) is 0.780. The summed E-state index contributed by atoms with van der Waals surface area (Å²) < 4.78 is 51.2. The van der Waals surface area contributed by atoms with Crippen LogP contribution in [0.5, 0.6) is 0 Å². The van der Waals surface area contributed by atoms with Gasteiger partial charge in [-0.2, -0.15) is 0 Å². The van der Waals surface area contributed by atoms with Crippen molar-refractivity contribution in [1.29, 1.82) is 0 Å². The summed E-state index contributed by atoms with van der Waals surface area (Å²) in [7, 11) is -4.42. The monoisotopic (exact) mass is 320 g/mol. The van der Waals surface area contributed by atoms with Crippen LogP contribution in [0.25, 0.3) is 0 Å². The summed E-state index contributed by atoms with van der Waals surface area (Å²) in [5.41, 5.74) is 4.99. The van der Waals surface area contributed by atoms with Crippen LogP contribution in [0, 0.1) is 11.6 Å². The van der Waals surface area contributed by atoms with E-state index in [1.807, 2.05) is 13.8 Å². The lowest BCUT2D eigenvalue weighted by molar-refractivity contribution is -0.119. The second kappa shape index (κ2) is 6.84. The molecular formula is C13H18F2N2O3S. The van der Waals surface area contributed by atoms with E-state index in [-0.39, 0.29) is 11.7 Å². The van der Waals surface area contributed by atoms with Gasteiger partial charge in [-0.05, 0) is 25.0 Å². The van der Waals surface area contributed by atoms with Gasteiger partial charge < -0.3 is 11.1 Å². The minimum Gasteiger partial charge on any atom is -0.399 e. The molecule has 3 N–H and O–H groups in total. The fourth-order valence-corrected chi connectivity index (χ4v) is 3.17. The maximum atomic E-state index is 13.6. The summed E-state index contributed by atoms with van der Waals surface area (Å²) in [4.78, 5) is 10.6. The molecule has 0 saturated carbocycles. The smallest absolute Gasteiger partial charge is 0.235 e. The Hall–Kier alpha value is -1.70. The number of nitrogen functional groups attached to an aromatic ring is 1. The maximum absolute atomic E-state index is 13.6. The van der Waals surface area contributed by atoms with Gasteiger partial charge in [0.25, 0.3) is 0 Å². The fraction of sp³-hybridized carbons (Fsp3) is 0.462. The van der Waals surface area contributed by atoms with Gasteiger partial charge in [0, 0.05) is 11.7 Å². The van der Waals surface area contributed by atoms with Gasteiger partial charge in [-0.1, -0.05) is 13.8 Å². The highest BCUT2D eigenvalue weighted by atomic mass is 32.2. The number of nitrogens with one attached hydrogen (secondary N) is 1. The summed E-state index contributed by atoms with van der Waals surface area (Å²) >= 11 is 0. The van der Waals surface area contributed by atoms with Gasteiger partial charge in [-0.3, -0.25) is 4.79 Å². The maximum Gasteiger partial charge on any atom is 0.235 e. The Kier molecular flexibility index (Phi) is 5.65. The zero-order valence-electron chi connectivity index (χ0n) is 11.8. The molecule has 0 aliphatic carbocycles. The minimum atomic E-state index is -4.42. The summed E-state index contributed by atoms with van der Waals surface area (Å²) in [5.74, 6) is -4.41. The highest BCUT2D eigenvalue weighted by Gasteiger charge is 2.27. The Morgan fingerprint density at radius 3 is 2.14 bits per heavy atom. The highest BCUT2D eigenvalue weighted by molar-refractivity contribution is 7.92. The van der Waals surface area contributed by atoms with Crippen molar-refractivity contribution in [1.82, 2.24) is 5.32 Å². The molecule has 0 bridgehead atoms. The fourth-order valence-electron chi connectivity index (χ4n) is 1.88. The van der Waals surface area contributed by atoms with Gasteiger partial charge >= 0.3 is 0 Å². The Morgan fingerprint density at radius 1 is 1.24 bits per heavy atom. The number of carbonyl (C=O) groups is 1. The second-order valence-corrected chi connectivity index (χ2v) is 6.58. The van der Waals surface area contributed by atoms with Crippen molar-refractivity contribution in [2.75, 3.05) is 11.5 Å². The predicted molar refractivity (Wildman–Crippen MR) is 75.3 cm³/mol. The van der Waals surface area contributed by atoms with Crippen molar-refractivity contribution in [3.8, 4) is 0 Å². The molecule has 1 amide bonds. The molecule has 0 heterocycles. The molecule has 1 aromatic carbocycles. The highest BCUT2D eigenvalue weighted by Crippen LogP contribution is 2.22. The van der Waals surface area contributed by atoms with Gasteiger partial charge in [0.1, 0.15) is 22.3 Å². The number of halogens is 2. The second-order valence-electron chi connectivity index (χ2n) is 4.65. The average Bonchev–Trinajstić information content (AvgIpc) is 2.33. The molecule has 0 atom stereocenters. The number of rotatable bonds is 6. The largest absolute Gasteiger partial charge is 0.399 e. The molecule has 1 aromatic rings. The molecule has 0 unspecified atom stereocenters. The average molecular weight is 320 g/mol. The zero-order valence-corrected chi connectivity index (χ0v) is 12.6. The minimum absolute atomic E-state index is 0.172. The lowest BCUT2D eigenvalue weighted by Crippen LogP contribution is -2.38. The molecule has 1 rings (SSSR count). The lowest BCUT2D eigenvalue weighted by atomic mass is 10.2. The summed E-state index contributed by atoms with van der Waals surface area (Å²) in [6.45, 7) is 3.67. The van der Waals surface area contributed by atoms with Crippen LogP contribution < -0.4 is 11.1 Å². The van der Waals surface area contributed by atoms with Crippen molar-refractivity contribution in [3.63, 3.8) is 0 Å². The van der Waals surface area contributed by atoms with Crippen molar-refractivity contribution in [2.24, 2.45) is 0 Å². The third kappa shape index (κ3) is 4.38. The van der Waals surface area contributed by atoms with E-state index in [4.69, 9.17) is 5.73 Å². The predicted octanol–water partition coefficient (Wildman–Crippen LogP) is 1.63. The topological polar surface area (TPSA) is 89.3 Å². The van der Waals surface area contributed by atoms with E-state index < -0.39 is 38.0 Å². The summed E-state index contributed by atoms with van der Waals surface area (Å²) in [5, 5.41) is 2.50. The number of hydrogen-bond donors (Lipinski definition) is 2. The standard InChI is InChI=1S/C13H18F2N2O3S/c1-3-9(4-2)17-12(18)7-21(19,20)13-10(14)5-8(16)6-11(13)15/h5-6,9H,3-4,7,16H2,1-2H3,(H,17,18). The summed E-state index contributed by atoms with van der Waals surface area (Å²) in [6, 6.07) is 1.23. The van der Waals surface area contributed by atoms with Crippen LogP contribution in [-0.4, -0.2) is 26.1 Å². The molecule has 8 heteroatoms. The van der Waals surface area contributed by atoms with Crippen LogP contribution in [0.2, 0.25) is 0 Å². The van der Waals surface area contributed by atoms with Crippen LogP contribution in [0.15, 0.2) is 17.0 Å². The first-order valence-electron chi connectivity index (χ1n) is 6.47. The molecule has 0 radical (unpaired) electrons. The molecule has 5 nitrogen and oxygen atoms in total. The summed E-state index contributed by atoms with van der Waals surface area (Å²) in [6.07, 6.45) is 1.26. The first kappa shape index (κ1) is 17.4. The molecule has 0 aliphatic heterocycles. The molecule has 21 heavy (non-hydrogen) atoms. The molecule has 0 spiro atoms. The lowest BCUT2D eigenvalue weighted by Gasteiger charge is -2.15. The normalized spacial score (nSPS) is 11.7. The SMILES string of the molecule is CCC(CC)NC(=O)CS(=O)(=O)c1c(F)cc(N)cc1F. The van der Waals surface area contributed by atoms with Gasteiger partial charge in [-0.25, -0.2) is 17.2 Å². The molecule has 0 saturated heterocycles. The number of carbonyl (C=O) groups excluding carboxylic acids is 1. The molecule has 118 valence electrons. The van der Waals surface area contributed by atoms with E-state index in [0.29, 0.717) is 25.0 Å². The van der Waals surface area contributed by atoms with E-state index in [0.717, 1.165) is 0 Å². The van der Waals surface area contributed by atoms with Crippen molar-refractivity contribution in [3.05, 3.63) is 23.8 Å². The number of sulfone groups is 1. The van der Waals surface area contributed by atoms with Gasteiger partial charge in [0.2, 0.25) is 5.91 Å². The van der Waals surface area contributed by atoms with Crippen LogP contribution >= 0.6 is 0 Å². The van der Waals surface area contributed by atoms with E-state index in [1.54, 1.807) is 0 Å². The third-order valence-electron chi connectivity index (χ3n) is 3.00. The van der Waals surface area contributed by atoms with Crippen LogP contribution in [-0.2, 0) is 14.6 Å². The Balaban J connectivity index is 3.00. The van der Waals surface area contributed by atoms with Crippen LogP contribution in [0.1, 0.15) is 26.7 Å². The molecule has 0 aliphatic rings. The number of anilines is 1. The molecule has 0 fully saturated rings. The zero-order chi connectivity index (χ0) is 16.2. The number of hydrogen-bond acceptors (Lipinski definition) is 4. The first-order valence-corrected chi connectivity index (χ1v) is 8.13. The van der Waals surface area contributed by atoms with Crippen molar-refractivity contribution >= 4 is 21.4 Å². The van der Waals surface area contributed by atoms with Crippen LogP contribution in [0.4, 0.5) is 14.5 Å². The van der Waals surface area contributed by atoms with E-state index in [1.165, 1.54) is 0 Å². The number of nitrogens with two attached hydrogens (primary N) is 1. The number of benzene rings is 1. The number of amides is 1.